The second kappa shape index (κ2) is 4.49. The summed E-state index contributed by atoms with van der Waals surface area (Å²) in [6.45, 7) is 3.81. The third-order valence-corrected chi connectivity index (χ3v) is 2.07. The highest BCUT2D eigenvalue weighted by Crippen LogP contribution is 2.24. The number of benzene rings is 1. The summed E-state index contributed by atoms with van der Waals surface area (Å²) in [7, 11) is 0. The summed E-state index contributed by atoms with van der Waals surface area (Å²) in [6, 6.07) is 5.28. The van der Waals surface area contributed by atoms with E-state index in [1.165, 1.54) is 0 Å². The Morgan fingerprint density at radius 3 is 2.46 bits per heavy atom. The van der Waals surface area contributed by atoms with Crippen molar-refractivity contribution in [1.29, 1.82) is 0 Å². The van der Waals surface area contributed by atoms with E-state index in [1.807, 2.05) is 19.9 Å². The smallest absolute Gasteiger partial charge is 0.0613 e. The van der Waals surface area contributed by atoms with Crippen molar-refractivity contribution in [3.8, 4) is 0 Å². The summed E-state index contributed by atoms with van der Waals surface area (Å²) in [4.78, 5) is 0. The molecule has 0 radical (unpaired) electrons. The maximum atomic E-state index is 5.81. The number of hydrogen-bond acceptors (Lipinski definition) is 2. The van der Waals surface area contributed by atoms with Crippen molar-refractivity contribution >= 4 is 34.6 Å². The quantitative estimate of drug-likeness (QED) is 0.591. The van der Waals surface area contributed by atoms with Gasteiger partial charge < -0.3 is 0 Å². The number of nitrogens with one attached hydrogen (secondary N) is 1. The fourth-order valence-electron chi connectivity index (χ4n) is 0.742. The van der Waals surface area contributed by atoms with E-state index in [9.17, 15) is 0 Å². The molecule has 70 valence electrons. The number of rotatable bonds is 2. The largest absolute Gasteiger partial charge is 0.279 e. The van der Waals surface area contributed by atoms with Gasteiger partial charge in [-0.05, 0) is 32.0 Å². The summed E-state index contributed by atoms with van der Waals surface area (Å²) in [5.41, 5.74) is 4.64. The minimum atomic E-state index is 0.524. The van der Waals surface area contributed by atoms with E-state index in [0.717, 1.165) is 11.4 Å². The molecular formula is C9H10Cl2N2. The molecule has 0 spiro atoms. The molecule has 0 atom stereocenters. The van der Waals surface area contributed by atoms with Gasteiger partial charge in [0.25, 0.3) is 0 Å². The first-order chi connectivity index (χ1) is 6.09. The van der Waals surface area contributed by atoms with E-state index < -0.39 is 0 Å². The molecule has 1 rings (SSSR count). The highest BCUT2D eigenvalue weighted by atomic mass is 35.5. The zero-order valence-corrected chi connectivity index (χ0v) is 8.95. The molecule has 0 aliphatic rings. The average Bonchev–Trinajstić information content (AvgIpc) is 2.07. The van der Waals surface area contributed by atoms with Crippen LogP contribution in [-0.4, -0.2) is 5.71 Å². The summed E-state index contributed by atoms with van der Waals surface area (Å²) in [6.07, 6.45) is 0. The molecule has 0 fully saturated rings. The third-order valence-electron chi connectivity index (χ3n) is 1.33. The first kappa shape index (κ1) is 10.4. The Bertz CT molecular complexity index is 330. The summed E-state index contributed by atoms with van der Waals surface area (Å²) < 4.78 is 0. The maximum Gasteiger partial charge on any atom is 0.0613 e. The minimum absolute atomic E-state index is 0.524. The van der Waals surface area contributed by atoms with Crippen molar-refractivity contribution in [1.82, 2.24) is 0 Å². The van der Waals surface area contributed by atoms with Gasteiger partial charge in [-0.2, -0.15) is 5.10 Å². The first-order valence-electron chi connectivity index (χ1n) is 3.81. The zero-order chi connectivity index (χ0) is 9.84. The Hall–Kier alpha value is -0.730. The predicted octanol–water partition coefficient (Wildman–Crippen LogP) is 3.80. The van der Waals surface area contributed by atoms with Crippen LogP contribution in [0.1, 0.15) is 13.8 Å². The van der Waals surface area contributed by atoms with Crippen LogP contribution in [0.15, 0.2) is 23.3 Å². The molecule has 1 aromatic carbocycles. The van der Waals surface area contributed by atoms with Gasteiger partial charge in [0.15, 0.2) is 0 Å². The van der Waals surface area contributed by atoms with Crippen LogP contribution in [0.5, 0.6) is 0 Å². The molecule has 0 heterocycles. The Balaban J connectivity index is 2.80. The molecule has 0 unspecified atom stereocenters. The van der Waals surface area contributed by atoms with Gasteiger partial charge >= 0.3 is 0 Å². The summed E-state index contributed by atoms with van der Waals surface area (Å²) in [5, 5.41) is 5.10. The molecule has 0 amide bonds. The second-order valence-electron chi connectivity index (χ2n) is 2.80. The Morgan fingerprint density at radius 2 is 1.92 bits per heavy atom. The number of hydrazone groups is 1. The van der Waals surface area contributed by atoms with Crippen molar-refractivity contribution in [3.05, 3.63) is 28.2 Å². The van der Waals surface area contributed by atoms with Crippen LogP contribution in [0.2, 0.25) is 10.0 Å². The molecule has 1 N–H and O–H groups in total. The predicted molar refractivity (Wildman–Crippen MR) is 58.9 cm³/mol. The SMILES string of the molecule is CC(C)=NNc1ccc(Cl)c(Cl)c1. The van der Waals surface area contributed by atoms with Gasteiger partial charge in [0.05, 0.1) is 15.7 Å². The average molecular weight is 217 g/mol. The topological polar surface area (TPSA) is 24.4 Å². The lowest BCUT2D eigenvalue weighted by atomic mass is 10.3. The molecule has 0 bridgehead atoms. The minimum Gasteiger partial charge on any atom is -0.279 e. The molecule has 0 aliphatic heterocycles. The van der Waals surface area contributed by atoms with E-state index in [2.05, 4.69) is 10.5 Å². The van der Waals surface area contributed by atoms with Crippen molar-refractivity contribution in [2.45, 2.75) is 13.8 Å². The lowest BCUT2D eigenvalue weighted by Crippen LogP contribution is -1.92. The van der Waals surface area contributed by atoms with Crippen LogP contribution in [0.4, 0.5) is 5.69 Å². The molecular weight excluding hydrogens is 207 g/mol. The molecule has 0 saturated heterocycles. The Kier molecular flexibility index (Phi) is 3.58. The van der Waals surface area contributed by atoms with Gasteiger partial charge in [0.2, 0.25) is 0 Å². The second-order valence-corrected chi connectivity index (χ2v) is 3.61. The van der Waals surface area contributed by atoms with Crippen LogP contribution < -0.4 is 5.43 Å². The number of anilines is 1. The normalized spacial score (nSPS) is 9.54. The fraction of sp³-hybridized carbons (Fsp3) is 0.222. The van der Waals surface area contributed by atoms with E-state index in [1.54, 1.807) is 12.1 Å². The number of nitrogens with zero attached hydrogens (tertiary/aromatic N) is 1. The molecule has 0 aliphatic carbocycles. The third kappa shape index (κ3) is 3.25. The zero-order valence-electron chi connectivity index (χ0n) is 7.44. The molecule has 0 aromatic heterocycles. The van der Waals surface area contributed by atoms with Crippen LogP contribution in [0.3, 0.4) is 0 Å². The van der Waals surface area contributed by atoms with Crippen LogP contribution in [-0.2, 0) is 0 Å². The Labute approximate surface area is 87.5 Å². The standard InChI is InChI=1S/C9H10Cl2N2/c1-6(2)12-13-7-3-4-8(10)9(11)5-7/h3-5,13H,1-2H3. The molecule has 0 saturated carbocycles. The molecule has 1 aromatic rings. The lowest BCUT2D eigenvalue weighted by Gasteiger charge is -2.02. The van der Waals surface area contributed by atoms with Crippen molar-refractivity contribution in [2.75, 3.05) is 5.43 Å². The van der Waals surface area contributed by atoms with E-state index in [-0.39, 0.29) is 0 Å². The molecule has 4 heteroatoms. The highest BCUT2D eigenvalue weighted by molar-refractivity contribution is 6.42. The van der Waals surface area contributed by atoms with Gasteiger partial charge in [0, 0.05) is 5.71 Å². The first-order valence-corrected chi connectivity index (χ1v) is 4.57. The van der Waals surface area contributed by atoms with Crippen LogP contribution >= 0.6 is 23.2 Å². The van der Waals surface area contributed by atoms with Gasteiger partial charge in [-0.15, -0.1) is 0 Å². The summed E-state index contributed by atoms with van der Waals surface area (Å²) in [5.74, 6) is 0. The highest BCUT2D eigenvalue weighted by Gasteiger charge is 1.97. The van der Waals surface area contributed by atoms with Crippen molar-refractivity contribution in [2.24, 2.45) is 5.10 Å². The van der Waals surface area contributed by atoms with Crippen LogP contribution in [0, 0.1) is 0 Å². The van der Waals surface area contributed by atoms with E-state index >= 15 is 0 Å². The lowest BCUT2D eigenvalue weighted by molar-refractivity contribution is 1.32. The maximum absolute atomic E-state index is 5.81. The number of hydrogen-bond donors (Lipinski definition) is 1. The summed E-state index contributed by atoms with van der Waals surface area (Å²) >= 11 is 11.6. The van der Waals surface area contributed by atoms with E-state index in [4.69, 9.17) is 23.2 Å². The van der Waals surface area contributed by atoms with Crippen molar-refractivity contribution < 1.29 is 0 Å². The van der Waals surface area contributed by atoms with Crippen molar-refractivity contribution in [3.63, 3.8) is 0 Å². The van der Waals surface area contributed by atoms with E-state index in [0.29, 0.717) is 10.0 Å². The van der Waals surface area contributed by atoms with Gasteiger partial charge in [-0.1, -0.05) is 23.2 Å². The van der Waals surface area contributed by atoms with Gasteiger partial charge in [-0.3, -0.25) is 5.43 Å². The van der Waals surface area contributed by atoms with Gasteiger partial charge in [-0.25, -0.2) is 0 Å². The number of halogens is 2. The monoisotopic (exact) mass is 216 g/mol. The molecule has 2 nitrogen and oxygen atoms in total. The van der Waals surface area contributed by atoms with Gasteiger partial charge in [0.1, 0.15) is 0 Å². The molecule has 13 heavy (non-hydrogen) atoms. The fourth-order valence-corrected chi connectivity index (χ4v) is 1.04. The van der Waals surface area contributed by atoms with Crippen LogP contribution in [0.25, 0.3) is 0 Å². The Morgan fingerprint density at radius 1 is 1.23 bits per heavy atom.